The second-order valence-electron chi connectivity index (χ2n) is 5.76. The molecule has 1 heterocycles. The number of carboxylic acids is 1. The fraction of sp³-hybridized carbons (Fsp3) is 0.176. The van der Waals surface area contributed by atoms with Gasteiger partial charge in [0, 0.05) is 13.1 Å². The molecule has 0 aliphatic heterocycles. The van der Waals surface area contributed by atoms with Crippen molar-refractivity contribution in [2.24, 2.45) is 7.05 Å². The molecule has 0 spiro atoms. The maximum absolute atomic E-state index is 12.6. The third kappa shape index (κ3) is 3.53. The lowest BCUT2D eigenvalue weighted by Crippen LogP contribution is -2.42. The SMILES string of the molecule is Cn1c(=O)oc2cc(S(=O)(=O)NC(Cc3ccccc3)C(=O)O)ccc21. The van der Waals surface area contributed by atoms with E-state index in [0.29, 0.717) is 11.1 Å². The molecule has 2 aromatic carbocycles. The number of fused-ring (bicyclic) bond motifs is 1. The van der Waals surface area contributed by atoms with Crippen LogP contribution < -0.4 is 10.5 Å². The molecule has 136 valence electrons. The molecule has 0 aliphatic rings. The number of nitrogens with one attached hydrogen (secondary N) is 1. The zero-order valence-electron chi connectivity index (χ0n) is 13.7. The van der Waals surface area contributed by atoms with Gasteiger partial charge < -0.3 is 9.52 Å². The Morgan fingerprint density at radius 2 is 1.92 bits per heavy atom. The number of oxazole rings is 1. The minimum atomic E-state index is -4.12. The van der Waals surface area contributed by atoms with E-state index in [9.17, 15) is 23.1 Å². The van der Waals surface area contributed by atoms with Gasteiger partial charge in [0.1, 0.15) is 6.04 Å². The highest BCUT2D eigenvalue weighted by Gasteiger charge is 2.26. The average Bonchev–Trinajstić information content (AvgIpc) is 2.89. The number of carbonyl (C=O) groups is 1. The van der Waals surface area contributed by atoms with Crippen LogP contribution >= 0.6 is 0 Å². The van der Waals surface area contributed by atoms with Crippen LogP contribution in [0, 0.1) is 0 Å². The van der Waals surface area contributed by atoms with E-state index < -0.39 is 27.8 Å². The van der Waals surface area contributed by atoms with E-state index in [1.54, 1.807) is 30.3 Å². The van der Waals surface area contributed by atoms with Crippen molar-refractivity contribution in [1.29, 1.82) is 0 Å². The number of hydrogen-bond acceptors (Lipinski definition) is 5. The molecule has 1 unspecified atom stereocenters. The minimum Gasteiger partial charge on any atom is -0.480 e. The normalized spacial score (nSPS) is 13.0. The lowest BCUT2D eigenvalue weighted by Gasteiger charge is -2.15. The largest absolute Gasteiger partial charge is 0.480 e. The molecular weight excluding hydrogens is 360 g/mol. The summed E-state index contributed by atoms with van der Waals surface area (Å²) in [6.07, 6.45) is -0.00192. The molecule has 0 bridgehead atoms. The molecule has 1 atom stereocenters. The van der Waals surface area contributed by atoms with Crippen LogP contribution in [0.15, 0.2) is 62.6 Å². The number of hydrogen-bond donors (Lipinski definition) is 2. The van der Waals surface area contributed by atoms with Gasteiger partial charge in [-0.25, -0.2) is 13.2 Å². The van der Waals surface area contributed by atoms with Crippen LogP contribution in [0.2, 0.25) is 0 Å². The van der Waals surface area contributed by atoms with Crippen LogP contribution in [0.25, 0.3) is 11.1 Å². The fourth-order valence-electron chi connectivity index (χ4n) is 2.57. The van der Waals surface area contributed by atoms with Gasteiger partial charge in [-0.1, -0.05) is 30.3 Å². The summed E-state index contributed by atoms with van der Waals surface area (Å²) in [6, 6.07) is 11.3. The smallest absolute Gasteiger partial charge is 0.419 e. The molecule has 26 heavy (non-hydrogen) atoms. The fourth-order valence-corrected chi connectivity index (χ4v) is 3.77. The van der Waals surface area contributed by atoms with Gasteiger partial charge >= 0.3 is 11.7 Å². The molecular formula is C17H16N2O6S. The Hall–Kier alpha value is -2.91. The second-order valence-corrected chi connectivity index (χ2v) is 7.47. The van der Waals surface area contributed by atoms with E-state index in [2.05, 4.69) is 4.72 Å². The van der Waals surface area contributed by atoms with Gasteiger partial charge in [-0.15, -0.1) is 0 Å². The summed E-state index contributed by atoms with van der Waals surface area (Å²) in [5.41, 5.74) is 1.23. The van der Waals surface area contributed by atoms with Crippen LogP contribution in [-0.2, 0) is 28.3 Å². The summed E-state index contributed by atoms with van der Waals surface area (Å²) >= 11 is 0. The van der Waals surface area contributed by atoms with Crippen molar-refractivity contribution in [3.63, 3.8) is 0 Å². The molecule has 0 aliphatic carbocycles. The maximum atomic E-state index is 12.6. The van der Waals surface area contributed by atoms with Gasteiger partial charge in [-0.05, 0) is 24.1 Å². The number of benzene rings is 2. The van der Waals surface area contributed by atoms with Crippen molar-refractivity contribution in [1.82, 2.24) is 9.29 Å². The number of nitrogens with zero attached hydrogens (tertiary/aromatic N) is 1. The molecule has 0 saturated heterocycles. The molecule has 1 aromatic heterocycles. The van der Waals surface area contributed by atoms with Crippen molar-refractivity contribution in [2.45, 2.75) is 17.4 Å². The molecule has 0 amide bonds. The minimum absolute atomic E-state index is 0.00192. The van der Waals surface area contributed by atoms with E-state index >= 15 is 0 Å². The zero-order chi connectivity index (χ0) is 18.9. The molecule has 0 fully saturated rings. The average molecular weight is 376 g/mol. The van der Waals surface area contributed by atoms with Gasteiger partial charge in [-0.2, -0.15) is 4.72 Å². The monoisotopic (exact) mass is 376 g/mol. The number of carboxylic acid groups (broad SMARTS) is 1. The summed E-state index contributed by atoms with van der Waals surface area (Å²) in [5.74, 6) is -1.90. The quantitative estimate of drug-likeness (QED) is 0.665. The Morgan fingerprint density at radius 1 is 1.23 bits per heavy atom. The van der Waals surface area contributed by atoms with E-state index in [4.69, 9.17) is 4.42 Å². The Labute approximate surface area is 148 Å². The number of aliphatic carboxylic acids is 1. The first kappa shape index (κ1) is 17.9. The van der Waals surface area contributed by atoms with Crippen molar-refractivity contribution >= 4 is 27.1 Å². The molecule has 9 heteroatoms. The highest BCUT2D eigenvalue weighted by Crippen LogP contribution is 2.18. The van der Waals surface area contributed by atoms with Crippen molar-refractivity contribution < 1.29 is 22.7 Å². The summed E-state index contributed by atoms with van der Waals surface area (Å²) in [6.45, 7) is 0. The Balaban J connectivity index is 1.91. The van der Waals surface area contributed by atoms with Gasteiger partial charge in [0.25, 0.3) is 0 Å². The number of rotatable bonds is 6. The Bertz CT molecular complexity index is 1120. The summed E-state index contributed by atoms with van der Waals surface area (Å²) < 4.78 is 33.6. The second kappa shape index (κ2) is 6.77. The first-order valence-corrected chi connectivity index (χ1v) is 9.15. The highest BCUT2D eigenvalue weighted by molar-refractivity contribution is 7.89. The van der Waals surface area contributed by atoms with Crippen LogP contribution in [0.5, 0.6) is 0 Å². The Morgan fingerprint density at radius 3 is 2.58 bits per heavy atom. The highest BCUT2D eigenvalue weighted by atomic mass is 32.2. The van der Waals surface area contributed by atoms with Gasteiger partial charge in [0.15, 0.2) is 5.58 Å². The number of sulfonamides is 1. The predicted octanol–water partition coefficient (Wildman–Crippen LogP) is 1.11. The van der Waals surface area contributed by atoms with Crippen molar-refractivity contribution in [3.8, 4) is 0 Å². The van der Waals surface area contributed by atoms with Crippen molar-refractivity contribution in [2.75, 3.05) is 0 Å². The summed E-state index contributed by atoms with van der Waals surface area (Å²) in [4.78, 5) is 22.8. The van der Waals surface area contributed by atoms with Crippen LogP contribution in [-0.4, -0.2) is 30.1 Å². The molecule has 3 aromatic rings. The van der Waals surface area contributed by atoms with Crippen LogP contribution in [0.3, 0.4) is 0 Å². The first-order valence-electron chi connectivity index (χ1n) is 7.66. The van der Waals surface area contributed by atoms with Crippen LogP contribution in [0.1, 0.15) is 5.56 Å². The van der Waals surface area contributed by atoms with Gasteiger partial charge in [0.2, 0.25) is 10.0 Å². The topological polar surface area (TPSA) is 119 Å². The third-order valence-corrected chi connectivity index (χ3v) is 5.42. The zero-order valence-corrected chi connectivity index (χ0v) is 14.6. The Kier molecular flexibility index (Phi) is 4.66. The maximum Gasteiger partial charge on any atom is 0.419 e. The molecule has 0 saturated carbocycles. The van der Waals surface area contributed by atoms with Crippen LogP contribution in [0.4, 0.5) is 0 Å². The molecule has 8 nitrogen and oxygen atoms in total. The van der Waals surface area contributed by atoms with E-state index in [1.807, 2.05) is 0 Å². The van der Waals surface area contributed by atoms with Crippen molar-refractivity contribution in [3.05, 3.63) is 64.6 Å². The lowest BCUT2D eigenvalue weighted by molar-refractivity contribution is -0.138. The summed E-state index contributed by atoms with van der Waals surface area (Å²) in [7, 11) is -2.62. The van der Waals surface area contributed by atoms with E-state index in [0.717, 1.165) is 0 Å². The number of aryl methyl sites for hydroxylation is 1. The third-order valence-electron chi connectivity index (χ3n) is 3.95. The molecule has 0 radical (unpaired) electrons. The molecule has 3 rings (SSSR count). The van der Waals surface area contributed by atoms with Gasteiger partial charge in [-0.3, -0.25) is 9.36 Å². The van der Waals surface area contributed by atoms with Gasteiger partial charge in [0.05, 0.1) is 10.4 Å². The summed E-state index contributed by atoms with van der Waals surface area (Å²) in [5, 5.41) is 9.37. The lowest BCUT2D eigenvalue weighted by atomic mass is 10.1. The molecule has 2 N–H and O–H groups in total. The van der Waals surface area contributed by atoms with E-state index in [-0.39, 0.29) is 16.9 Å². The number of aromatic nitrogens is 1. The first-order chi connectivity index (χ1) is 12.3. The predicted molar refractivity (Wildman–Crippen MR) is 93.3 cm³/mol. The standard InChI is InChI=1S/C17H16N2O6S/c1-19-14-8-7-12(10-15(14)25-17(19)22)26(23,24)18-13(16(20)21)9-11-5-3-2-4-6-11/h2-8,10,13,18H,9H2,1H3,(H,20,21). The van der Waals surface area contributed by atoms with E-state index in [1.165, 1.54) is 29.8 Å².